The Labute approximate surface area is 86.0 Å². The molecule has 0 aromatic heterocycles. The van der Waals surface area contributed by atoms with E-state index in [1.165, 1.54) is 0 Å². The van der Waals surface area contributed by atoms with Gasteiger partial charge in [-0.05, 0) is 40.7 Å². The maximum atomic E-state index is 10.7. The maximum Gasteiger partial charge on any atom is 0.235 e. The Hall–Kier alpha value is -0.650. The van der Waals surface area contributed by atoms with Crippen LogP contribution < -0.4 is 11.5 Å². The van der Waals surface area contributed by atoms with Gasteiger partial charge in [-0.3, -0.25) is 4.79 Å². The summed E-state index contributed by atoms with van der Waals surface area (Å²) in [5, 5.41) is 0. The maximum absolute atomic E-state index is 10.7. The van der Waals surface area contributed by atoms with Crippen LogP contribution in [0.15, 0.2) is 0 Å². The first-order valence-electron chi connectivity index (χ1n) is 4.81. The first-order valence-corrected chi connectivity index (χ1v) is 4.81. The van der Waals surface area contributed by atoms with E-state index in [-0.39, 0.29) is 0 Å². The smallest absolute Gasteiger partial charge is 0.235 e. The lowest BCUT2D eigenvalue weighted by molar-refractivity contribution is -0.119. The number of carbonyl (C=O) groups excluding carboxylic acids is 1. The zero-order valence-electron chi connectivity index (χ0n) is 9.36. The monoisotopic (exact) mass is 202 g/mol. The van der Waals surface area contributed by atoms with Gasteiger partial charge < -0.3 is 21.3 Å². The lowest BCUT2D eigenvalue weighted by Gasteiger charge is -2.20. The van der Waals surface area contributed by atoms with E-state index in [1.54, 1.807) is 0 Å². The van der Waals surface area contributed by atoms with Gasteiger partial charge in [0.25, 0.3) is 0 Å². The Balaban J connectivity index is 3.55. The van der Waals surface area contributed by atoms with E-state index < -0.39 is 11.9 Å². The summed E-state index contributed by atoms with van der Waals surface area (Å²) in [6.07, 6.45) is 1.06. The molecular weight excluding hydrogens is 180 g/mol. The summed E-state index contributed by atoms with van der Waals surface area (Å²) in [4.78, 5) is 14.8. The van der Waals surface area contributed by atoms with Crippen molar-refractivity contribution in [3.05, 3.63) is 0 Å². The third-order valence-electron chi connectivity index (χ3n) is 2.02. The zero-order chi connectivity index (χ0) is 11.1. The Bertz CT molecular complexity index is 172. The Morgan fingerprint density at radius 1 is 1.29 bits per heavy atom. The second-order valence-electron chi connectivity index (χ2n) is 3.93. The lowest BCUT2D eigenvalue weighted by Crippen LogP contribution is -2.45. The molecule has 1 unspecified atom stereocenters. The molecule has 5 heteroatoms. The highest BCUT2D eigenvalue weighted by atomic mass is 16.1. The molecule has 0 rings (SSSR count). The van der Waals surface area contributed by atoms with Crippen molar-refractivity contribution in [3.8, 4) is 0 Å². The average molecular weight is 202 g/mol. The SMILES string of the molecule is CN(C)CCCN(C)CC(N)C(N)=O. The van der Waals surface area contributed by atoms with Crippen molar-refractivity contribution in [3.63, 3.8) is 0 Å². The molecule has 0 spiro atoms. The van der Waals surface area contributed by atoms with Gasteiger partial charge in [0.1, 0.15) is 0 Å². The molecule has 0 aromatic carbocycles. The number of hydrogen-bond donors (Lipinski definition) is 2. The van der Waals surface area contributed by atoms with Gasteiger partial charge in [-0.1, -0.05) is 0 Å². The van der Waals surface area contributed by atoms with Gasteiger partial charge in [0, 0.05) is 6.54 Å². The highest BCUT2D eigenvalue weighted by Crippen LogP contribution is 1.91. The number of likely N-dealkylation sites (N-methyl/N-ethyl adjacent to an activating group) is 1. The van der Waals surface area contributed by atoms with Crippen molar-refractivity contribution in [2.24, 2.45) is 11.5 Å². The molecule has 0 aliphatic rings. The van der Waals surface area contributed by atoms with Crippen molar-refractivity contribution in [1.29, 1.82) is 0 Å². The van der Waals surface area contributed by atoms with Gasteiger partial charge in [-0.25, -0.2) is 0 Å². The summed E-state index contributed by atoms with van der Waals surface area (Å²) in [6, 6.07) is -0.556. The number of nitrogens with two attached hydrogens (primary N) is 2. The number of carbonyl (C=O) groups is 1. The van der Waals surface area contributed by atoms with Crippen molar-refractivity contribution in [1.82, 2.24) is 9.80 Å². The molecular formula is C9H22N4O. The minimum atomic E-state index is -0.556. The van der Waals surface area contributed by atoms with E-state index in [2.05, 4.69) is 4.90 Å². The van der Waals surface area contributed by atoms with Crippen LogP contribution in [0.1, 0.15) is 6.42 Å². The predicted octanol–water partition coefficient (Wildman–Crippen LogP) is -1.32. The van der Waals surface area contributed by atoms with Crippen molar-refractivity contribution in [2.75, 3.05) is 40.8 Å². The van der Waals surface area contributed by atoms with Crippen LogP contribution >= 0.6 is 0 Å². The van der Waals surface area contributed by atoms with Gasteiger partial charge in [0.05, 0.1) is 6.04 Å². The summed E-state index contributed by atoms with van der Waals surface area (Å²) in [6.45, 7) is 2.50. The van der Waals surface area contributed by atoms with Crippen LogP contribution in [0.4, 0.5) is 0 Å². The summed E-state index contributed by atoms with van der Waals surface area (Å²) in [5.41, 5.74) is 10.6. The van der Waals surface area contributed by atoms with Gasteiger partial charge in [-0.15, -0.1) is 0 Å². The number of rotatable bonds is 7. The van der Waals surface area contributed by atoms with Gasteiger partial charge in [0.2, 0.25) is 5.91 Å². The molecule has 0 aromatic rings. The molecule has 1 amide bonds. The first-order chi connectivity index (χ1) is 6.43. The van der Waals surface area contributed by atoms with E-state index in [4.69, 9.17) is 11.5 Å². The minimum Gasteiger partial charge on any atom is -0.368 e. The quantitative estimate of drug-likeness (QED) is 0.537. The fraction of sp³-hybridized carbons (Fsp3) is 0.889. The first kappa shape index (κ1) is 13.4. The Morgan fingerprint density at radius 2 is 1.86 bits per heavy atom. The van der Waals surface area contributed by atoms with Crippen LogP contribution in [-0.4, -0.2) is 62.5 Å². The summed E-state index contributed by atoms with van der Waals surface area (Å²) >= 11 is 0. The number of nitrogens with zero attached hydrogens (tertiary/aromatic N) is 2. The van der Waals surface area contributed by atoms with Gasteiger partial charge >= 0.3 is 0 Å². The summed E-state index contributed by atoms with van der Waals surface area (Å²) < 4.78 is 0. The normalized spacial score (nSPS) is 13.6. The summed E-state index contributed by atoms with van der Waals surface area (Å²) in [7, 11) is 6.02. The molecule has 0 saturated carbocycles. The largest absolute Gasteiger partial charge is 0.368 e. The Kier molecular flexibility index (Phi) is 6.44. The van der Waals surface area contributed by atoms with Gasteiger partial charge in [-0.2, -0.15) is 0 Å². The van der Waals surface area contributed by atoms with E-state index in [0.29, 0.717) is 6.54 Å². The lowest BCUT2D eigenvalue weighted by atomic mass is 10.2. The topological polar surface area (TPSA) is 75.6 Å². The molecule has 14 heavy (non-hydrogen) atoms. The van der Waals surface area contributed by atoms with Crippen LogP contribution in [0.25, 0.3) is 0 Å². The molecule has 5 nitrogen and oxygen atoms in total. The van der Waals surface area contributed by atoms with Crippen LogP contribution in [0.5, 0.6) is 0 Å². The van der Waals surface area contributed by atoms with Crippen molar-refractivity contribution >= 4 is 5.91 Å². The molecule has 0 saturated heterocycles. The van der Waals surface area contributed by atoms with Crippen LogP contribution in [-0.2, 0) is 4.79 Å². The molecule has 0 aliphatic carbocycles. The van der Waals surface area contributed by atoms with Crippen LogP contribution in [0.2, 0.25) is 0 Å². The number of amides is 1. The molecule has 4 N–H and O–H groups in total. The number of hydrogen-bond acceptors (Lipinski definition) is 4. The summed E-state index contributed by atoms with van der Waals surface area (Å²) in [5.74, 6) is -0.440. The predicted molar refractivity (Wildman–Crippen MR) is 57.8 cm³/mol. The van der Waals surface area contributed by atoms with Gasteiger partial charge in [0.15, 0.2) is 0 Å². The van der Waals surface area contributed by atoms with Crippen LogP contribution in [0, 0.1) is 0 Å². The van der Waals surface area contributed by atoms with E-state index in [0.717, 1.165) is 19.5 Å². The third-order valence-corrected chi connectivity index (χ3v) is 2.02. The highest BCUT2D eigenvalue weighted by Gasteiger charge is 2.11. The van der Waals surface area contributed by atoms with Crippen molar-refractivity contribution < 1.29 is 4.79 Å². The Morgan fingerprint density at radius 3 is 2.29 bits per heavy atom. The molecule has 0 bridgehead atoms. The fourth-order valence-corrected chi connectivity index (χ4v) is 1.17. The van der Waals surface area contributed by atoms with E-state index in [9.17, 15) is 4.79 Å². The van der Waals surface area contributed by atoms with Crippen molar-refractivity contribution in [2.45, 2.75) is 12.5 Å². The van der Waals surface area contributed by atoms with Crippen LogP contribution in [0.3, 0.4) is 0 Å². The average Bonchev–Trinajstić information content (AvgIpc) is 2.02. The highest BCUT2D eigenvalue weighted by molar-refractivity contribution is 5.79. The second kappa shape index (κ2) is 6.75. The molecule has 0 radical (unpaired) electrons. The van der Waals surface area contributed by atoms with E-state index >= 15 is 0 Å². The molecule has 84 valence electrons. The number of primary amides is 1. The fourth-order valence-electron chi connectivity index (χ4n) is 1.17. The molecule has 0 heterocycles. The zero-order valence-corrected chi connectivity index (χ0v) is 9.36. The molecule has 0 aliphatic heterocycles. The second-order valence-corrected chi connectivity index (χ2v) is 3.93. The van der Waals surface area contributed by atoms with E-state index in [1.807, 2.05) is 26.0 Å². The standard InChI is InChI=1S/C9H22N4O/c1-12(2)5-4-6-13(3)7-8(10)9(11)14/h8H,4-7,10H2,1-3H3,(H2,11,14). The molecule has 0 fully saturated rings. The third kappa shape index (κ3) is 6.82. The molecule has 1 atom stereocenters. The minimum absolute atomic E-state index is 0.440.